The van der Waals surface area contributed by atoms with Crippen LogP contribution in [-0.2, 0) is 9.53 Å². The predicted octanol–water partition coefficient (Wildman–Crippen LogP) is 4.39. The molecule has 0 bridgehead atoms. The van der Waals surface area contributed by atoms with Crippen LogP contribution in [0.3, 0.4) is 0 Å². The standard InChI is InChI=1S/C22H32O3/c1-20-9-5-15(23)13-14(20)3-4-16-17(20)6-10-21(2)18(16)7-11-22(21)12-8-19(24)25-22/h3,15-18,23H,4-13H2,1-2H3/t15?,16?,17?,18?,20-,21-,22+/m1/s1. The van der Waals surface area contributed by atoms with E-state index in [1.54, 1.807) is 0 Å². The molecule has 138 valence electrons. The molecule has 4 fully saturated rings. The minimum Gasteiger partial charge on any atom is -0.458 e. The molecule has 0 aromatic heterocycles. The van der Waals surface area contributed by atoms with Crippen LogP contribution >= 0.6 is 0 Å². The van der Waals surface area contributed by atoms with Crippen LogP contribution in [0.15, 0.2) is 11.6 Å². The molecule has 5 aliphatic rings. The van der Waals surface area contributed by atoms with Crippen molar-refractivity contribution in [1.82, 2.24) is 0 Å². The van der Waals surface area contributed by atoms with Gasteiger partial charge in [0.2, 0.25) is 0 Å². The number of aliphatic hydroxyl groups excluding tert-OH is 1. The number of carbonyl (C=O) groups excluding carboxylic acids is 1. The molecule has 3 saturated carbocycles. The van der Waals surface area contributed by atoms with Gasteiger partial charge in [-0.3, -0.25) is 4.79 Å². The lowest BCUT2D eigenvalue weighted by atomic mass is 9.47. The molecule has 1 aliphatic heterocycles. The van der Waals surface area contributed by atoms with Crippen molar-refractivity contribution in [3.63, 3.8) is 0 Å². The zero-order valence-corrected chi connectivity index (χ0v) is 15.7. The second-order valence-corrected chi connectivity index (χ2v) is 10.1. The van der Waals surface area contributed by atoms with Crippen molar-refractivity contribution in [3.8, 4) is 0 Å². The summed E-state index contributed by atoms with van der Waals surface area (Å²) < 4.78 is 6.02. The Hall–Kier alpha value is -0.830. The van der Waals surface area contributed by atoms with Gasteiger partial charge >= 0.3 is 5.97 Å². The molecule has 7 atom stereocenters. The van der Waals surface area contributed by atoms with Crippen molar-refractivity contribution in [2.24, 2.45) is 28.6 Å². The van der Waals surface area contributed by atoms with Crippen molar-refractivity contribution in [1.29, 1.82) is 0 Å². The minimum atomic E-state index is -0.159. The van der Waals surface area contributed by atoms with Crippen molar-refractivity contribution >= 4 is 5.97 Å². The van der Waals surface area contributed by atoms with Crippen LogP contribution in [0.5, 0.6) is 0 Å². The Labute approximate surface area is 151 Å². The van der Waals surface area contributed by atoms with Crippen LogP contribution < -0.4 is 0 Å². The Morgan fingerprint density at radius 1 is 1.08 bits per heavy atom. The molecule has 1 N–H and O–H groups in total. The maximum Gasteiger partial charge on any atom is 0.306 e. The summed E-state index contributed by atoms with van der Waals surface area (Å²) >= 11 is 0. The van der Waals surface area contributed by atoms with E-state index in [4.69, 9.17) is 4.74 Å². The number of fused-ring (bicyclic) bond motifs is 6. The highest BCUT2D eigenvalue weighted by molar-refractivity contribution is 5.72. The van der Waals surface area contributed by atoms with Gasteiger partial charge in [0.1, 0.15) is 5.60 Å². The number of esters is 1. The van der Waals surface area contributed by atoms with E-state index in [1.165, 1.54) is 31.3 Å². The molecule has 0 aromatic rings. The molecular formula is C22H32O3. The van der Waals surface area contributed by atoms with Crippen molar-refractivity contribution in [3.05, 3.63) is 11.6 Å². The van der Waals surface area contributed by atoms with Crippen LogP contribution in [0.25, 0.3) is 0 Å². The SMILES string of the molecule is C[C@@]12CCC(O)CC1=CCC1C2CC[C@]2(C)C1CC[C@]21CCC(=O)O1. The van der Waals surface area contributed by atoms with Crippen LogP contribution in [0.2, 0.25) is 0 Å². The summed E-state index contributed by atoms with van der Waals surface area (Å²) in [4.78, 5) is 11.9. The number of carbonyl (C=O) groups is 1. The number of rotatable bonds is 0. The Morgan fingerprint density at radius 2 is 1.88 bits per heavy atom. The Morgan fingerprint density at radius 3 is 2.64 bits per heavy atom. The third kappa shape index (κ3) is 1.99. The molecule has 4 unspecified atom stereocenters. The second kappa shape index (κ2) is 5.12. The lowest BCUT2D eigenvalue weighted by molar-refractivity contribution is -0.167. The molecule has 0 amide bonds. The number of hydrogen-bond acceptors (Lipinski definition) is 3. The second-order valence-electron chi connectivity index (χ2n) is 10.1. The zero-order valence-electron chi connectivity index (χ0n) is 15.7. The number of aliphatic hydroxyl groups is 1. The van der Waals surface area contributed by atoms with Gasteiger partial charge in [-0.1, -0.05) is 25.5 Å². The van der Waals surface area contributed by atoms with Crippen LogP contribution in [0.1, 0.15) is 78.1 Å². The third-order valence-electron chi connectivity index (χ3n) is 9.41. The Kier molecular flexibility index (Phi) is 3.35. The fraction of sp³-hybridized carbons (Fsp3) is 0.864. The summed E-state index contributed by atoms with van der Waals surface area (Å²) in [7, 11) is 0. The average Bonchev–Trinajstić information content (AvgIpc) is 3.10. The quantitative estimate of drug-likeness (QED) is 0.524. The van der Waals surface area contributed by atoms with E-state index in [0.29, 0.717) is 17.8 Å². The van der Waals surface area contributed by atoms with E-state index >= 15 is 0 Å². The summed E-state index contributed by atoms with van der Waals surface area (Å²) in [6.07, 6.45) is 12.9. The van der Waals surface area contributed by atoms with Crippen molar-refractivity contribution < 1.29 is 14.6 Å². The van der Waals surface area contributed by atoms with E-state index in [2.05, 4.69) is 19.9 Å². The summed E-state index contributed by atoms with van der Waals surface area (Å²) in [6.45, 7) is 4.91. The van der Waals surface area contributed by atoms with E-state index in [9.17, 15) is 9.90 Å². The first kappa shape index (κ1) is 16.4. The summed E-state index contributed by atoms with van der Waals surface area (Å²) in [6, 6.07) is 0. The van der Waals surface area contributed by atoms with E-state index in [0.717, 1.165) is 43.9 Å². The van der Waals surface area contributed by atoms with Gasteiger partial charge in [-0.15, -0.1) is 0 Å². The summed E-state index contributed by atoms with van der Waals surface area (Å²) in [5, 5.41) is 10.1. The normalized spacial score (nSPS) is 54.5. The highest BCUT2D eigenvalue weighted by atomic mass is 16.6. The molecule has 0 radical (unpaired) electrons. The van der Waals surface area contributed by atoms with Gasteiger partial charge < -0.3 is 9.84 Å². The van der Waals surface area contributed by atoms with Crippen molar-refractivity contribution in [2.75, 3.05) is 0 Å². The summed E-state index contributed by atoms with van der Waals surface area (Å²) in [5.74, 6) is 2.22. The van der Waals surface area contributed by atoms with Gasteiger partial charge in [-0.2, -0.15) is 0 Å². The molecule has 4 aliphatic carbocycles. The van der Waals surface area contributed by atoms with Crippen LogP contribution in [-0.4, -0.2) is 22.8 Å². The molecule has 5 rings (SSSR count). The Balaban J connectivity index is 1.49. The molecule has 3 heteroatoms. The average molecular weight is 344 g/mol. The minimum absolute atomic E-state index is 0.0306. The third-order valence-corrected chi connectivity index (χ3v) is 9.41. The molecule has 3 nitrogen and oxygen atoms in total. The molecule has 0 aromatic carbocycles. The van der Waals surface area contributed by atoms with Gasteiger partial charge in [0.25, 0.3) is 0 Å². The Bertz CT molecular complexity index is 639. The maximum atomic E-state index is 11.9. The smallest absolute Gasteiger partial charge is 0.306 e. The lowest BCUT2D eigenvalue weighted by Crippen LogP contribution is -2.54. The molecular weight excluding hydrogens is 312 g/mol. The molecule has 25 heavy (non-hydrogen) atoms. The van der Waals surface area contributed by atoms with Gasteiger partial charge in [0.15, 0.2) is 0 Å². The van der Waals surface area contributed by atoms with E-state index in [-0.39, 0.29) is 23.1 Å². The maximum absolute atomic E-state index is 11.9. The topological polar surface area (TPSA) is 46.5 Å². The van der Waals surface area contributed by atoms with Crippen molar-refractivity contribution in [2.45, 2.75) is 89.8 Å². The number of ether oxygens (including phenoxy) is 1. The summed E-state index contributed by atoms with van der Waals surface area (Å²) in [5.41, 5.74) is 1.85. The van der Waals surface area contributed by atoms with Gasteiger partial charge in [0.05, 0.1) is 6.10 Å². The van der Waals surface area contributed by atoms with E-state index < -0.39 is 0 Å². The highest BCUT2D eigenvalue weighted by Crippen LogP contribution is 2.69. The fourth-order valence-electron chi connectivity index (χ4n) is 7.94. The van der Waals surface area contributed by atoms with Gasteiger partial charge in [-0.25, -0.2) is 0 Å². The molecule has 1 saturated heterocycles. The largest absolute Gasteiger partial charge is 0.458 e. The van der Waals surface area contributed by atoms with Crippen LogP contribution in [0.4, 0.5) is 0 Å². The van der Waals surface area contributed by atoms with E-state index in [1.807, 2.05) is 0 Å². The lowest BCUT2D eigenvalue weighted by Gasteiger charge is -2.59. The predicted molar refractivity (Wildman–Crippen MR) is 95.8 cm³/mol. The zero-order chi connectivity index (χ0) is 17.4. The number of hydrogen-bond donors (Lipinski definition) is 1. The first-order chi connectivity index (χ1) is 11.9. The van der Waals surface area contributed by atoms with Crippen LogP contribution in [0, 0.1) is 28.6 Å². The monoisotopic (exact) mass is 344 g/mol. The van der Waals surface area contributed by atoms with Gasteiger partial charge in [0, 0.05) is 11.8 Å². The number of allylic oxidation sites excluding steroid dienone is 1. The highest BCUT2D eigenvalue weighted by Gasteiger charge is 2.66. The molecule has 1 heterocycles. The molecule has 1 spiro atoms. The first-order valence-electron chi connectivity index (χ1n) is 10.5. The van der Waals surface area contributed by atoms with Gasteiger partial charge in [-0.05, 0) is 81.0 Å². The first-order valence-corrected chi connectivity index (χ1v) is 10.5. The fourth-order valence-corrected chi connectivity index (χ4v) is 7.94.